The standard InChI is InChI=1S/C16H23NO/c1-3-4-7-16(18)17-12-5-6-15(17)14-10-8-13(2)9-11-14/h8-11,15H,3-7,12H2,1-2H3. The predicted molar refractivity (Wildman–Crippen MR) is 74.4 cm³/mol. The lowest BCUT2D eigenvalue weighted by molar-refractivity contribution is -0.132. The van der Waals surface area contributed by atoms with Crippen LogP contribution in [0.5, 0.6) is 0 Å². The van der Waals surface area contributed by atoms with Crippen LogP contribution in [0.2, 0.25) is 0 Å². The number of unbranched alkanes of at least 4 members (excludes halogenated alkanes) is 1. The van der Waals surface area contributed by atoms with Gasteiger partial charge in [-0.3, -0.25) is 4.79 Å². The van der Waals surface area contributed by atoms with E-state index in [9.17, 15) is 4.79 Å². The number of hydrogen-bond acceptors (Lipinski definition) is 1. The van der Waals surface area contributed by atoms with Gasteiger partial charge in [0, 0.05) is 13.0 Å². The van der Waals surface area contributed by atoms with E-state index < -0.39 is 0 Å². The predicted octanol–water partition coefficient (Wildman–Crippen LogP) is 3.85. The Morgan fingerprint density at radius 3 is 2.72 bits per heavy atom. The van der Waals surface area contributed by atoms with Gasteiger partial charge in [-0.05, 0) is 31.7 Å². The van der Waals surface area contributed by atoms with Gasteiger partial charge >= 0.3 is 0 Å². The Kier molecular flexibility index (Phi) is 4.40. The van der Waals surface area contributed by atoms with Gasteiger partial charge in [0.1, 0.15) is 0 Å². The molecule has 2 heteroatoms. The second kappa shape index (κ2) is 6.03. The number of carbonyl (C=O) groups excluding carboxylic acids is 1. The third-order valence-electron chi connectivity index (χ3n) is 3.78. The van der Waals surface area contributed by atoms with Gasteiger partial charge in [0.05, 0.1) is 6.04 Å². The fourth-order valence-corrected chi connectivity index (χ4v) is 2.67. The molecule has 0 radical (unpaired) electrons. The smallest absolute Gasteiger partial charge is 0.223 e. The van der Waals surface area contributed by atoms with Gasteiger partial charge in [-0.1, -0.05) is 43.2 Å². The van der Waals surface area contributed by atoms with Crippen molar-refractivity contribution in [3.05, 3.63) is 35.4 Å². The molecule has 1 aromatic rings. The molecule has 2 nitrogen and oxygen atoms in total. The molecule has 0 saturated carbocycles. The lowest BCUT2D eigenvalue weighted by atomic mass is 10.0. The third-order valence-corrected chi connectivity index (χ3v) is 3.78. The highest BCUT2D eigenvalue weighted by Gasteiger charge is 2.29. The molecule has 0 aliphatic carbocycles. The molecule has 0 spiro atoms. The lowest BCUT2D eigenvalue weighted by Crippen LogP contribution is -2.30. The first kappa shape index (κ1) is 13.1. The molecule has 0 aromatic heterocycles. The van der Waals surface area contributed by atoms with E-state index in [4.69, 9.17) is 0 Å². The van der Waals surface area contributed by atoms with Gasteiger partial charge in [0.2, 0.25) is 5.91 Å². The Hall–Kier alpha value is -1.31. The van der Waals surface area contributed by atoms with Crippen molar-refractivity contribution in [2.24, 2.45) is 0 Å². The van der Waals surface area contributed by atoms with Crippen LogP contribution in [0.25, 0.3) is 0 Å². The summed E-state index contributed by atoms with van der Waals surface area (Å²) in [6.45, 7) is 5.17. The largest absolute Gasteiger partial charge is 0.336 e. The number of likely N-dealkylation sites (tertiary alicyclic amines) is 1. The van der Waals surface area contributed by atoms with Gasteiger partial charge in [-0.15, -0.1) is 0 Å². The molecule has 0 N–H and O–H groups in total. The van der Waals surface area contributed by atoms with Crippen molar-refractivity contribution in [1.82, 2.24) is 4.90 Å². The second-order valence-electron chi connectivity index (χ2n) is 5.26. The van der Waals surface area contributed by atoms with Gasteiger partial charge in [0.25, 0.3) is 0 Å². The first-order valence-electron chi connectivity index (χ1n) is 7.08. The van der Waals surface area contributed by atoms with E-state index in [0.29, 0.717) is 18.4 Å². The number of aryl methyl sites for hydroxylation is 1. The molecule has 1 saturated heterocycles. The third kappa shape index (κ3) is 2.92. The van der Waals surface area contributed by atoms with Crippen molar-refractivity contribution in [2.75, 3.05) is 6.54 Å². The van der Waals surface area contributed by atoms with E-state index in [0.717, 1.165) is 32.2 Å². The zero-order valence-corrected chi connectivity index (χ0v) is 11.5. The minimum atomic E-state index is 0.315. The van der Waals surface area contributed by atoms with Crippen molar-refractivity contribution in [3.8, 4) is 0 Å². The summed E-state index contributed by atoms with van der Waals surface area (Å²) in [6, 6.07) is 8.94. The van der Waals surface area contributed by atoms with Crippen molar-refractivity contribution in [3.63, 3.8) is 0 Å². The Bertz CT molecular complexity index is 396. The summed E-state index contributed by atoms with van der Waals surface area (Å²) in [7, 11) is 0. The zero-order chi connectivity index (χ0) is 13.0. The van der Waals surface area contributed by atoms with E-state index in [1.165, 1.54) is 11.1 Å². The van der Waals surface area contributed by atoms with Crippen LogP contribution < -0.4 is 0 Å². The summed E-state index contributed by atoms with van der Waals surface area (Å²) in [4.78, 5) is 14.3. The number of rotatable bonds is 4. The van der Waals surface area contributed by atoms with Crippen molar-refractivity contribution in [1.29, 1.82) is 0 Å². The molecule has 1 unspecified atom stereocenters. The van der Waals surface area contributed by atoms with Gasteiger partial charge in [-0.25, -0.2) is 0 Å². The number of carbonyl (C=O) groups is 1. The molecular formula is C16H23NO. The van der Waals surface area contributed by atoms with E-state index >= 15 is 0 Å². The number of nitrogens with zero attached hydrogens (tertiary/aromatic N) is 1. The first-order valence-corrected chi connectivity index (χ1v) is 7.08. The Balaban J connectivity index is 2.07. The molecule has 1 aromatic carbocycles. The van der Waals surface area contributed by atoms with Crippen molar-refractivity contribution >= 4 is 5.91 Å². The summed E-state index contributed by atoms with van der Waals surface area (Å²) in [5.74, 6) is 0.333. The van der Waals surface area contributed by atoms with E-state index in [1.54, 1.807) is 0 Å². The molecule has 1 aliphatic heterocycles. The van der Waals surface area contributed by atoms with Crippen LogP contribution in [0, 0.1) is 6.92 Å². The number of benzene rings is 1. The molecule has 1 aliphatic rings. The van der Waals surface area contributed by atoms with Crippen LogP contribution >= 0.6 is 0 Å². The minimum absolute atomic E-state index is 0.315. The maximum absolute atomic E-state index is 12.2. The lowest BCUT2D eigenvalue weighted by Gasteiger charge is -2.25. The average Bonchev–Trinajstić information content (AvgIpc) is 2.86. The highest BCUT2D eigenvalue weighted by Crippen LogP contribution is 2.32. The van der Waals surface area contributed by atoms with Crippen LogP contribution in [-0.4, -0.2) is 17.4 Å². The molecule has 1 fully saturated rings. The van der Waals surface area contributed by atoms with Crippen LogP contribution in [0.3, 0.4) is 0 Å². The Labute approximate surface area is 110 Å². The van der Waals surface area contributed by atoms with Crippen LogP contribution in [0.1, 0.15) is 56.2 Å². The Morgan fingerprint density at radius 2 is 2.06 bits per heavy atom. The van der Waals surface area contributed by atoms with E-state index in [-0.39, 0.29) is 0 Å². The number of amides is 1. The maximum Gasteiger partial charge on any atom is 0.223 e. The molecule has 1 amide bonds. The number of hydrogen-bond donors (Lipinski definition) is 0. The summed E-state index contributed by atoms with van der Waals surface area (Å²) < 4.78 is 0. The second-order valence-corrected chi connectivity index (χ2v) is 5.26. The van der Waals surface area contributed by atoms with E-state index in [2.05, 4.69) is 43.0 Å². The molecule has 1 heterocycles. The van der Waals surface area contributed by atoms with Gasteiger partial charge in [0.15, 0.2) is 0 Å². The fourth-order valence-electron chi connectivity index (χ4n) is 2.67. The SMILES string of the molecule is CCCCC(=O)N1CCCC1c1ccc(C)cc1. The zero-order valence-electron chi connectivity index (χ0n) is 11.5. The molecular weight excluding hydrogens is 222 g/mol. The van der Waals surface area contributed by atoms with Crippen molar-refractivity contribution < 1.29 is 4.79 Å². The molecule has 18 heavy (non-hydrogen) atoms. The normalized spacial score (nSPS) is 19.2. The summed E-state index contributed by atoms with van der Waals surface area (Å²) in [6.07, 6.45) is 5.06. The highest BCUT2D eigenvalue weighted by atomic mass is 16.2. The first-order chi connectivity index (χ1) is 8.72. The van der Waals surface area contributed by atoms with Gasteiger partial charge in [-0.2, -0.15) is 0 Å². The summed E-state index contributed by atoms with van der Waals surface area (Å²) in [5.41, 5.74) is 2.57. The van der Waals surface area contributed by atoms with Gasteiger partial charge < -0.3 is 4.90 Å². The quantitative estimate of drug-likeness (QED) is 0.789. The fraction of sp³-hybridized carbons (Fsp3) is 0.562. The molecule has 0 bridgehead atoms. The van der Waals surface area contributed by atoms with Crippen molar-refractivity contribution in [2.45, 2.75) is 52.0 Å². The minimum Gasteiger partial charge on any atom is -0.336 e. The van der Waals surface area contributed by atoms with Crippen LogP contribution in [-0.2, 0) is 4.79 Å². The molecule has 98 valence electrons. The van der Waals surface area contributed by atoms with E-state index in [1.807, 2.05) is 0 Å². The Morgan fingerprint density at radius 1 is 1.33 bits per heavy atom. The average molecular weight is 245 g/mol. The topological polar surface area (TPSA) is 20.3 Å². The highest BCUT2D eigenvalue weighted by molar-refractivity contribution is 5.77. The summed E-state index contributed by atoms with van der Waals surface area (Å²) in [5, 5.41) is 0. The molecule has 1 atom stereocenters. The monoisotopic (exact) mass is 245 g/mol. The van der Waals surface area contributed by atoms with Crippen LogP contribution in [0.15, 0.2) is 24.3 Å². The summed E-state index contributed by atoms with van der Waals surface area (Å²) >= 11 is 0. The van der Waals surface area contributed by atoms with Crippen LogP contribution in [0.4, 0.5) is 0 Å². The molecule has 2 rings (SSSR count). The maximum atomic E-state index is 12.2.